The van der Waals surface area contributed by atoms with Crippen LogP contribution in [0.5, 0.6) is 0 Å². The highest BCUT2D eigenvalue weighted by Crippen LogP contribution is 2.23. The standard InChI is InChI=1S/C13H9N3O4/c17-13(18)14-10-3-1-8(2-4-10)11-15-12(20-16-11)9-5-6-19-7-9/h1-7,14H,(H,17,18). The molecule has 2 heterocycles. The second-order valence-corrected chi connectivity index (χ2v) is 3.94. The summed E-state index contributed by atoms with van der Waals surface area (Å²) in [5.74, 6) is 0.782. The van der Waals surface area contributed by atoms with E-state index in [0.717, 1.165) is 5.56 Å². The van der Waals surface area contributed by atoms with Crippen LogP contribution in [0, 0.1) is 0 Å². The molecule has 20 heavy (non-hydrogen) atoms. The maximum absolute atomic E-state index is 10.5. The van der Waals surface area contributed by atoms with Crippen molar-refractivity contribution in [3.05, 3.63) is 42.9 Å². The second kappa shape index (κ2) is 4.88. The van der Waals surface area contributed by atoms with Crippen molar-refractivity contribution in [3.63, 3.8) is 0 Å². The Kier molecular flexibility index (Phi) is 2.92. The van der Waals surface area contributed by atoms with Crippen LogP contribution in [0.25, 0.3) is 22.8 Å². The highest BCUT2D eigenvalue weighted by molar-refractivity contribution is 5.83. The zero-order valence-corrected chi connectivity index (χ0v) is 10.1. The molecule has 7 nitrogen and oxygen atoms in total. The molecule has 2 N–H and O–H groups in total. The van der Waals surface area contributed by atoms with Crippen molar-refractivity contribution < 1.29 is 18.8 Å². The van der Waals surface area contributed by atoms with E-state index >= 15 is 0 Å². The van der Waals surface area contributed by atoms with E-state index in [4.69, 9.17) is 14.0 Å². The second-order valence-electron chi connectivity index (χ2n) is 3.94. The number of furan rings is 1. The molecule has 7 heteroatoms. The van der Waals surface area contributed by atoms with E-state index in [1.807, 2.05) is 0 Å². The SMILES string of the molecule is O=C(O)Nc1ccc(-c2noc(-c3ccoc3)n2)cc1. The molecule has 0 fully saturated rings. The van der Waals surface area contributed by atoms with Crippen LogP contribution in [0.2, 0.25) is 0 Å². The first-order chi connectivity index (χ1) is 9.72. The van der Waals surface area contributed by atoms with Crippen molar-refractivity contribution >= 4 is 11.8 Å². The maximum atomic E-state index is 10.5. The summed E-state index contributed by atoms with van der Waals surface area (Å²) in [6.45, 7) is 0. The van der Waals surface area contributed by atoms with Crippen LogP contribution in [-0.4, -0.2) is 21.3 Å². The van der Waals surface area contributed by atoms with Gasteiger partial charge in [0.1, 0.15) is 6.26 Å². The minimum absolute atomic E-state index is 0.362. The van der Waals surface area contributed by atoms with Crippen LogP contribution >= 0.6 is 0 Å². The number of nitrogens with zero attached hydrogens (tertiary/aromatic N) is 2. The minimum atomic E-state index is -1.11. The number of hydrogen-bond donors (Lipinski definition) is 2. The molecule has 0 saturated heterocycles. The van der Waals surface area contributed by atoms with E-state index in [-0.39, 0.29) is 0 Å². The quantitative estimate of drug-likeness (QED) is 0.759. The van der Waals surface area contributed by atoms with Gasteiger partial charge in [0.2, 0.25) is 5.82 Å². The van der Waals surface area contributed by atoms with Gasteiger partial charge in [-0.3, -0.25) is 5.32 Å². The Morgan fingerprint density at radius 3 is 2.60 bits per heavy atom. The molecule has 0 aliphatic heterocycles. The van der Waals surface area contributed by atoms with Gasteiger partial charge in [0.25, 0.3) is 5.89 Å². The van der Waals surface area contributed by atoms with Gasteiger partial charge in [0, 0.05) is 11.3 Å². The number of nitrogens with one attached hydrogen (secondary N) is 1. The molecule has 0 radical (unpaired) electrons. The molecule has 2 aromatic heterocycles. The van der Waals surface area contributed by atoms with Gasteiger partial charge in [-0.2, -0.15) is 4.98 Å². The number of benzene rings is 1. The van der Waals surface area contributed by atoms with Gasteiger partial charge in [0.15, 0.2) is 0 Å². The monoisotopic (exact) mass is 271 g/mol. The Bertz CT molecular complexity index is 716. The smallest absolute Gasteiger partial charge is 0.409 e. The molecule has 100 valence electrons. The van der Waals surface area contributed by atoms with E-state index in [0.29, 0.717) is 23.0 Å². The van der Waals surface area contributed by atoms with E-state index < -0.39 is 6.09 Å². The maximum Gasteiger partial charge on any atom is 0.409 e. The number of carbonyl (C=O) groups is 1. The van der Waals surface area contributed by atoms with Crippen LogP contribution in [0.4, 0.5) is 10.5 Å². The third-order valence-electron chi connectivity index (χ3n) is 2.59. The molecule has 3 rings (SSSR count). The largest absolute Gasteiger partial charge is 0.472 e. The first kappa shape index (κ1) is 12.0. The number of rotatable bonds is 3. The lowest BCUT2D eigenvalue weighted by Crippen LogP contribution is -2.06. The van der Waals surface area contributed by atoms with E-state index in [1.54, 1.807) is 30.3 Å². The van der Waals surface area contributed by atoms with E-state index in [1.165, 1.54) is 12.5 Å². The molecular weight excluding hydrogens is 262 g/mol. The third-order valence-corrected chi connectivity index (χ3v) is 2.59. The molecule has 0 aliphatic carbocycles. The van der Waals surface area contributed by atoms with Crippen molar-refractivity contribution in [3.8, 4) is 22.8 Å². The molecular formula is C13H9N3O4. The molecule has 3 aromatic rings. The number of anilines is 1. The van der Waals surface area contributed by atoms with Crippen LogP contribution in [0.3, 0.4) is 0 Å². The van der Waals surface area contributed by atoms with E-state index in [9.17, 15) is 4.79 Å². The predicted molar refractivity (Wildman–Crippen MR) is 69.1 cm³/mol. The lowest BCUT2D eigenvalue weighted by atomic mass is 10.2. The molecule has 0 bridgehead atoms. The number of carboxylic acid groups (broad SMARTS) is 1. The summed E-state index contributed by atoms with van der Waals surface area (Å²) in [6.07, 6.45) is 1.92. The average Bonchev–Trinajstić information content (AvgIpc) is 3.10. The highest BCUT2D eigenvalue weighted by atomic mass is 16.5. The molecule has 1 aromatic carbocycles. The Balaban J connectivity index is 1.84. The van der Waals surface area contributed by atoms with Gasteiger partial charge in [-0.25, -0.2) is 4.79 Å². The summed E-state index contributed by atoms with van der Waals surface area (Å²) in [6, 6.07) is 8.37. The number of aromatic nitrogens is 2. The van der Waals surface area contributed by atoms with Crippen molar-refractivity contribution in [2.24, 2.45) is 0 Å². The Morgan fingerprint density at radius 2 is 1.95 bits per heavy atom. The molecule has 0 atom stereocenters. The first-order valence-electron chi connectivity index (χ1n) is 5.69. The lowest BCUT2D eigenvalue weighted by Gasteiger charge is -2.00. The molecule has 1 amide bonds. The lowest BCUT2D eigenvalue weighted by molar-refractivity contribution is 0.210. The summed E-state index contributed by atoms with van der Waals surface area (Å²) in [4.78, 5) is 14.7. The normalized spacial score (nSPS) is 10.4. The first-order valence-corrected chi connectivity index (χ1v) is 5.69. The predicted octanol–water partition coefficient (Wildman–Crippen LogP) is 3.09. The summed E-state index contributed by atoms with van der Waals surface area (Å²) in [7, 11) is 0. The number of hydrogen-bond acceptors (Lipinski definition) is 5. The topological polar surface area (TPSA) is 101 Å². The van der Waals surface area contributed by atoms with Gasteiger partial charge >= 0.3 is 6.09 Å². The molecule has 0 saturated carbocycles. The van der Waals surface area contributed by atoms with Crippen LogP contribution in [-0.2, 0) is 0 Å². The van der Waals surface area contributed by atoms with Crippen LogP contribution in [0.15, 0.2) is 51.8 Å². The fourth-order valence-corrected chi connectivity index (χ4v) is 1.67. The molecule has 0 spiro atoms. The fraction of sp³-hybridized carbons (Fsp3) is 0. The van der Waals surface area contributed by atoms with Crippen molar-refractivity contribution in [1.29, 1.82) is 0 Å². The Labute approximate surface area is 112 Å². The van der Waals surface area contributed by atoms with Gasteiger partial charge < -0.3 is 14.0 Å². The summed E-state index contributed by atoms with van der Waals surface area (Å²) < 4.78 is 10.1. The third kappa shape index (κ3) is 2.37. The van der Waals surface area contributed by atoms with Crippen molar-refractivity contribution in [2.45, 2.75) is 0 Å². The highest BCUT2D eigenvalue weighted by Gasteiger charge is 2.11. The van der Waals surface area contributed by atoms with Gasteiger partial charge in [-0.15, -0.1) is 0 Å². The Morgan fingerprint density at radius 1 is 1.15 bits per heavy atom. The van der Waals surface area contributed by atoms with Gasteiger partial charge in [0.05, 0.1) is 11.8 Å². The fourth-order valence-electron chi connectivity index (χ4n) is 1.67. The van der Waals surface area contributed by atoms with Crippen molar-refractivity contribution in [2.75, 3.05) is 5.32 Å². The average molecular weight is 271 g/mol. The van der Waals surface area contributed by atoms with Crippen molar-refractivity contribution in [1.82, 2.24) is 10.1 Å². The molecule has 0 aliphatic rings. The summed E-state index contributed by atoms with van der Waals surface area (Å²) in [5, 5.41) is 14.7. The Hall–Kier alpha value is -3.09. The minimum Gasteiger partial charge on any atom is -0.472 e. The van der Waals surface area contributed by atoms with E-state index in [2.05, 4.69) is 15.5 Å². The van der Waals surface area contributed by atoms with Gasteiger partial charge in [-0.05, 0) is 30.3 Å². The number of amides is 1. The summed E-state index contributed by atoms with van der Waals surface area (Å²) >= 11 is 0. The van der Waals surface area contributed by atoms with Gasteiger partial charge in [-0.1, -0.05) is 5.16 Å². The molecule has 0 unspecified atom stereocenters. The zero-order valence-electron chi connectivity index (χ0n) is 10.1. The summed E-state index contributed by atoms with van der Waals surface area (Å²) in [5.41, 5.74) is 1.90. The van der Waals surface area contributed by atoms with Crippen LogP contribution < -0.4 is 5.32 Å². The zero-order chi connectivity index (χ0) is 13.9. The van der Waals surface area contributed by atoms with Crippen LogP contribution in [0.1, 0.15) is 0 Å².